The van der Waals surface area contributed by atoms with E-state index in [9.17, 15) is 29.8 Å². The van der Waals surface area contributed by atoms with Gasteiger partial charge in [-0.15, -0.1) is 0 Å². The monoisotopic (exact) mass is 330 g/mol. The fourth-order valence-corrected chi connectivity index (χ4v) is 1.90. The number of rotatable bonds is 5. The molecule has 0 saturated heterocycles. The maximum Gasteiger partial charge on any atom is 0.357 e. The van der Waals surface area contributed by atoms with Gasteiger partial charge in [0.15, 0.2) is 0 Å². The van der Waals surface area contributed by atoms with Crippen LogP contribution in [0, 0.1) is 20.2 Å². The van der Waals surface area contributed by atoms with Crippen LogP contribution in [0.1, 0.15) is 11.3 Å². The summed E-state index contributed by atoms with van der Waals surface area (Å²) >= 11 is 0. The van der Waals surface area contributed by atoms with Crippen molar-refractivity contribution in [2.45, 2.75) is 0 Å². The second-order valence-corrected chi connectivity index (χ2v) is 4.46. The summed E-state index contributed by atoms with van der Waals surface area (Å²) in [6.07, 6.45) is 5.28. The van der Waals surface area contributed by atoms with Crippen molar-refractivity contribution in [3.05, 3.63) is 88.7 Å². The molecule has 1 heterocycles. The van der Waals surface area contributed by atoms with Crippen LogP contribution in [0.3, 0.4) is 0 Å². The number of hydrogen-bond acceptors (Lipinski definition) is 6. The van der Waals surface area contributed by atoms with Crippen molar-refractivity contribution in [3.8, 4) is 0 Å². The van der Waals surface area contributed by atoms with Gasteiger partial charge in [-0.2, -0.15) is 0 Å². The number of nitro groups is 2. The van der Waals surface area contributed by atoms with Gasteiger partial charge in [-0.3, -0.25) is 30.0 Å². The maximum absolute atomic E-state index is 11.4. The molecule has 2 N–H and O–H groups in total. The summed E-state index contributed by atoms with van der Waals surface area (Å²) in [7, 11) is 0. The summed E-state index contributed by atoms with van der Waals surface area (Å²) < 4.78 is 0. The number of allylic oxidation sites excluding steroid dienone is 2. The van der Waals surface area contributed by atoms with Gasteiger partial charge in [-0.1, -0.05) is 24.3 Å². The summed E-state index contributed by atoms with van der Waals surface area (Å²) in [5.74, 6) is 0. The van der Waals surface area contributed by atoms with Crippen molar-refractivity contribution in [3.63, 3.8) is 0 Å². The molecule has 10 heteroatoms. The molecule has 0 radical (unpaired) electrons. The highest BCUT2D eigenvalue weighted by Crippen LogP contribution is 2.19. The number of hydrogen-bond donors (Lipinski definition) is 2. The van der Waals surface area contributed by atoms with Gasteiger partial charge in [-0.05, 0) is 18.2 Å². The minimum atomic E-state index is -1.12. The summed E-state index contributed by atoms with van der Waals surface area (Å²) in [4.78, 5) is 46.8. The molecule has 0 aliphatic carbocycles. The summed E-state index contributed by atoms with van der Waals surface area (Å²) in [6, 6.07) is 6.01. The van der Waals surface area contributed by atoms with E-state index in [1.165, 1.54) is 36.4 Å². The van der Waals surface area contributed by atoms with Crippen LogP contribution in [-0.2, 0) is 0 Å². The predicted octanol–water partition coefficient (Wildman–Crippen LogP) is 1.61. The Balaban J connectivity index is 2.34. The molecule has 0 spiro atoms. The molecule has 0 aliphatic heterocycles. The number of aromatic amines is 2. The van der Waals surface area contributed by atoms with E-state index in [1.807, 2.05) is 0 Å². The van der Waals surface area contributed by atoms with E-state index in [4.69, 9.17) is 0 Å². The van der Waals surface area contributed by atoms with Gasteiger partial charge in [0.1, 0.15) is 5.69 Å². The number of aromatic nitrogens is 2. The molecule has 2 rings (SSSR count). The number of H-pyrrole nitrogens is 2. The van der Waals surface area contributed by atoms with Crippen LogP contribution in [-0.4, -0.2) is 19.8 Å². The van der Waals surface area contributed by atoms with Crippen molar-refractivity contribution >= 4 is 23.5 Å². The number of para-hydroxylation sites is 1. The van der Waals surface area contributed by atoms with Crippen LogP contribution in [0.25, 0.3) is 12.2 Å². The van der Waals surface area contributed by atoms with Gasteiger partial charge >= 0.3 is 16.9 Å². The van der Waals surface area contributed by atoms with Crippen molar-refractivity contribution in [1.29, 1.82) is 0 Å². The van der Waals surface area contributed by atoms with E-state index < -0.39 is 26.8 Å². The molecule has 1 aromatic carbocycles. The van der Waals surface area contributed by atoms with E-state index in [-0.39, 0.29) is 11.4 Å². The lowest BCUT2D eigenvalue weighted by atomic mass is 10.1. The molecule has 0 saturated carbocycles. The molecular weight excluding hydrogens is 320 g/mol. The second-order valence-electron chi connectivity index (χ2n) is 4.46. The highest BCUT2D eigenvalue weighted by Gasteiger charge is 2.18. The zero-order valence-corrected chi connectivity index (χ0v) is 12.0. The molecule has 0 amide bonds. The van der Waals surface area contributed by atoms with Crippen molar-refractivity contribution in [2.75, 3.05) is 0 Å². The predicted molar refractivity (Wildman–Crippen MR) is 85.5 cm³/mol. The molecule has 24 heavy (non-hydrogen) atoms. The van der Waals surface area contributed by atoms with E-state index >= 15 is 0 Å². The van der Waals surface area contributed by atoms with Crippen LogP contribution >= 0.6 is 0 Å². The third-order valence-electron chi connectivity index (χ3n) is 2.91. The topological polar surface area (TPSA) is 152 Å². The molecule has 2 aromatic rings. The maximum atomic E-state index is 11.4. The summed E-state index contributed by atoms with van der Waals surface area (Å²) in [6.45, 7) is 0. The van der Waals surface area contributed by atoms with E-state index in [0.717, 1.165) is 6.08 Å². The first-order chi connectivity index (χ1) is 11.4. The third kappa shape index (κ3) is 3.68. The minimum Gasteiger partial charge on any atom is -0.301 e. The zero-order valence-electron chi connectivity index (χ0n) is 12.0. The molecule has 122 valence electrons. The highest BCUT2D eigenvalue weighted by molar-refractivity contribution is 5.64. The molecule has 0 fully saturated rings. The van der Waals surface area contributed by atoms with Crippen LogP contribution < -0.4 is 11.2 Å². The number of nitro benzene ring substituents is 1. The Labute approximate surface area is 133 Å². The lowest BCUT2D eigenvalue weighted by molar-refractivity contribution is -0.386. The van der Waals surface area contributed by atoms with Gasteiger partial charge in [-0.25, -0.2) is 4.79 Å². The second kappa shape index (κ2) is 6.96. The Hall–Kier alpha value is -3.82. The standard InChI is InChI=1S/C14H10N4O6/c19-13-12(18(23)24)10(15-14(20)16-13)7-3-1-5-9-6-2-4-8-11(9)17(21)22/h1-8H,(H2,15,16,19,20). The van der Waals surface area contributed by atoms with Crippen LogP contribution in [0.15, 0.2) is 46.0 Å². The Morgan fingerprint density at radius 1 is 0.917 bits per heavy atom. The fraction of sp³-hybridized carbons (Fsp3) is 0. The number of nitrogens with zero attached hydrogens (tertiary/aromatic N) is 2. The highest BCUT2D eigenvalue weighted by atomic mass is 16.6. The van der Waals surface area contributed by atoms with Crippen molar-refractivity contribution < 1.29 is 9.85 Å². The fourth-order valence-electron chi connectivity index (χ4n) is 1.90. The summed E-state index contributed by atoms with van der Waals surface area (Å²) in [5.41, 5.74) is -2.84. The molecule has 0 aliphatic rings. The first-order valence-electron chi connectivity index (χ1n) is 6.49. The Morgan fingerprint density at radius 2 is 1.58 bits per heavy atom. The van der Waals surface area contributed by atoms with Gasteiger partial charge < -0.3 is 4.98 Å². The molecular formula is C14H10N4O6. The van der Waals surface area contributed by atoms with E-state index in [0.29, 0.717) is 5.56 Å². The first kappa shape index (κ1) is 16.5. The van der Waals surface area contributed by atoms with Gasteiger partial charge in [0.05, 0.1) is 15.4 Å². The van der Waals surface area contributed by atoms with Gasteiger partial charge in [0, 0.05) is 6.07 Å². The molecule has 10 nitrogen and oxygen atoms in total. The molecule has 0 atom stereocenters. The minimum absolute atomic E-state index is 0.0994. The Bertz CT molecular complexity index is 970. The van der Waals surface area contributed by atoms with Gasteiger partial charge in [0.25, 0.3) is 5.69 Å². The molecule has 0 bridgehead atoms. The Morgan fingerprint density at radius 3 is 2.25 bits per heavy atom. The average molecular weight is 330 g/mol. The van der Waals surface area contributed by atoms with Crippen molar-refractivity contribution in [1.82, 2.24) is 9.97 Å². The quantitative estimate of drug-likeness (QED) is 0.482. The largest absolute Gasteiger partial charge is 0.357 e. The van der Waals surface area contributed by atoms with E-state index in [1.54, 1.807) is 11.1 Å². The summed E-state index contributed by atoms with van der Waals surface area (Å²) in [5, 5.41) is 21.7. The molecule has 1 aromatic heterocycles. The van der Waals surface area contributed by atoms with E-state index in [2.05, 4.69) is 4.98 Å². The Kier molecular flexibility index (Phi) is 4.80. The third-order valence-corrected chi connectivity index (χ3v) is 2.91. The van der Waals surface area contributed by atoms with Crippen molar-refractivity contribution in [2.24, 2.45) is 0 Å². The number of benzene rings is 1. The van der Waals surface area contributed by atoms with Gasteiger partial charge in [0.2, 0.25) is 0 Å². The molecule has 0 unspecified atom stereocenters. The van der Waals surface area contributed by atoms with Crippen LogP contribution in [0.4, 0.5) is 11.4 Å². The smallest absolute Gasteiger partial charge is 0.301 e. The normalized spacial score (nSPS) is 11.2. The van der Waals surface area contributed by atoms with Crippen LogP contribution in [0.5, 0.6) is 0 Å². The zero-order chi connectivity index (χ0) is 17.7. The average Bonchev–Trinajstić information content (AvgIpc) is 2.50. The SMILES string of the molecule is O=c1[nH]c(C=CC=Cc2ccccc2[N+](=O)[O-])c([N+](=O)[O-])c(=O)[nH]1. The first-order valence-corrected chi connectivity index (χ1v) is 6.49. The van der Waals surface area contributed by atoms with Crippen LogP contribution in [0.2, 0.25) is 0 Å². The number of nitrogens with one attached hydrogen (secondary N) is 2. The lowest BCUT2D eigenvalue weighted by Crippen LogP contribution is -2.25. The lowest BCUT2D eigenvalue weighted by Gasteiger charge is -1.96.